The molecule has 2 rings (SSSR count). The fourth-order valence-electron chi connectivity index (χ4n) is 2.05. The van der Waals surface area contributed by atoms with Crippen LogP contribution in [0.4, 0.5) is 0 Å². The third-order valence-electron chi connectivity index (χ3n) is 2.85. The van der Waals surface area contributed by atoms with E-state index in [2.05, 4.69) is 6.58 Å². The third kappa shape index (κ3) is 1.21. The Morgan fingerprint density at radius 2 is 2.15 bits per heavy atom. The summed E-state index contributed by atoms with van der Waals surface area (Å²) in [6.45, 7) is 5.65. The van der Waals surface area contributed by atoms with Crippen LogP contribution in [0.3, 0.4) is 0 Å². The van der Waals surface area contributed by atoms with Gasteiger partial charge in [-0.3, -0.25) is 4.79 Å². The third-order valence-corrected chi connectivity index (χ3v) is 2.85. The van der Waals surface area contributed by atoms with Crippen molar-refractivity contribution in [2.75, 3.05) is 0 Å². The number of hydrogen-bond donors (Lipinski definition) is 0. The normalized spacial score (nSPS) is 24.7. The summed E-state index contributed by atoms with van der Waals surface area (Å²) in [6.07, 6.45) is 5.55. The summed E-state index contributed by atoms with van der Waals surface area (Å²) < 4.78 is 5.70. The number of ketones is 1. The molecule has 1 aliphatic carbocycles. The molecular weight excluding hydrogens is 164 g/mol. The Labute approximate surface area is 78.3 Å². The molecule has 0 aromatic heterocycles. The molecule has 1 saturated carbocycles. The molecule has 1 spiro atoms. The van der Waals surface area contributed by atoms with Gasteiger partial charge in [-0.25, -0.2) is 0 Å². The second-order valence-corrected chi connectivity index (χ2v) is 3.96. The maximum absolute atomic E-state index is 11.7. The van der Waals surface area contributed by atoms with Crippen LogP contribution < -0.4 is 0 Å². The monoisotopic (exact) mass is 178 g/mol. The highest BCUT2D eigenvalue weighted by molar-refractivity contribution is 6.00. The summed E-state index contributed by atoms with van der Waals surface area (Å²) in [6, 6.07) is 0. The predicted molar refractivity (Wildman–Crippen MR) is 50.2 cm³/mol. The number of allylic oxidation sites excluding steroid dienone is 1. The van der Waals surface area contributed by atoms with E-state index in [1.54, 1.807) is 6.08 Å². The highest BCUT2D eigenvalue weighted by Crippen LogP contribution is 2.41. The summed E-state index contributed by atoms with van der Waals surface area (Å²) in [5.41, 5.74) is 0.353. The minimum atomic E-state index is -0.492. The molecule has 70 valence electrons. The van der Waals surface area contributed by atoms with Gasteiger partial charge >= 0.3 is 0 Å². The lowest BCUT2D eigenvalue weighted by molar-refractivity contribution is -0.129. The highest BCUT2D eigenvalue weighted by atomic mass is 16.5. The lowest BCUT2D eigenvalue weighted by Crippen LogP contribution is -2.32. The fraction of sp³-hybridized carbons (Fsp3) is 0.545. The first kappa shape index (κ1) is 8.54. The zero-order chi connectivity index (χ0) is 9.47. The van der Waals surface area contributed by atoms with Gasteiger partial charge in [-0.1, -0.05) is 6.58 Å². The van der Waals surface area contributed by atoms with E-state index < -0.39 is 5.60 Å². The summed E-state index contributed by atoms with van der Waals surface area (Å²) in [4.78, 5) is 11.7. The Morgan fingerprint density at radius 3 is 2.62 bits per heavy atom. The molecule has 0 atom stereocenters. The molecular formula is C11H14O2. The van der Waals surface area contributed by atoms with Crippen molar-refractivity contribution in [2.24, 2.45) is 0 Å². The second kappa shape index (κ2) is 2.72. The van der Waals surface area contributed by atoms with Crippen LogP contribution in [0.1, 0.15) is 32.6 Å². The smallest absolute Gasteiger partial charge is 0.202 e. The molecule has 2 heteroatoms. The summed E-state index contributed by atoms with van der Waals surface area (Å²) >= 11 is 0. The van der Waals surface area contributed by atoms with Crippen molar-refractivity contribution in [3.05, 3.63) is 24.0 Å². The Balaban J connectivity index is 2.23. The SMILES string of the molecule is C=C(C)C1=CC(=O)C2(CCCC2)O1. The fourth-order valence-corrected chi connectivity index (χ4v) is 2.05. The van der Waals surface area contributed by atoms with Crippen molar-refractivity contribution >= 4 is 5.78 Å². The van der Waals surface area contributed by atoms with Crippen molar-refractivity contribution in [1.29, 1.82) is 0 Å². The van der Waals surface area contributed by atoms with E-state index in [0.717, 1.165) is 31.3 Å². The van der Waals surface area contributed by atoms with E-state index >= 15 is 0 Å². The van der Waals surface area contributed by atoms with Crippen molar-refractivity contribution in [3.63, 3.8) is 0 Å². The molecule has 0 saturated heterocycles. The molecule has 0 bridgehead atoms. The van der Waals surface area contributed by atoms with E-state index in [0.29, 0.717) is 5.76 Å². The average molecular weight is 178 g/mol. The molecule has 0 aromatic rings. The Bertz CT molecular complexity index is 293. The maximum atomic E-state index is 11.7. The van der Waals surface area contributed by atoms with Gasteiger partial charge in [-0.2, -0.15) is 0 Å². The molecule has 0 aromatic carbocycles. The lowest BCUT2D eigenvalue weighted by atomic mass is 9.98. The zero-order valence-electron chi connectivity index (χ0n) is 7.93. The predicted octanol–water partition coefficient (Wildman–Crippen LogP) is 2.36. The maximum Gasteiger partial charge on any atom is 0.202 e. The van der Waals surface area contributed by atoms with E-state index in [-0.39, 0.29) is 5.78 Å². The standard InChI is InChI=1S/C11H14O2/c1-8(2)9-7-10(12)11(13-9)5-3-4-6-11/h7H,1,3-6H2,2H3. The van der Waals surface area contributed by atoms with Gasteiger partial charge < -0.3 is 4.74 Å². The molecule has 0 amide bonds. The first-order chi connectivity index (χ1) is 6.14. The van der Waals surface area contributed by atoms with Gasteiger partial charge in [-0.05, 0) is 38.2 Å². The van der Waals surface area contributed by atoms with Crippen LogP contribution >= 0.6 is 0 Å². The first-order valence-corrected chi connectivity index (χ1v) is 4.75. The number of ether oxygens (including phenoxy) is 1. The molecule has 0 unspecified atom stereocenters. The topological polar surface area (TPSA) is 26.3 Å². The van der Waals surface area contributed by atoms with E-state index in [9.17, 15) is 4.79 Å². The molecule has 1 heterocycles. The van der Waals surface area contributed by atoms with Crippen molar-refractivity contribution in [1.82, 2.24) is 0 Å². The molecule has 0 radical (unpaired) electrons. The van der Waals surface area contributed by atoms with Crippen molar-refractivity contribution in [3.8, 4) is 0 Å². The Kier molecular flexibility index (Phi) is 1.79. The van der Waals surface area contributed by atoms with Gasteiger partial charge in [0, 0.05) is 6.08 Å². The molecule has 0 N–H and O–H groups in total. The van der Waals surface area contributed by atoms with Crippen molar-refractivity contribution < 1.29 is 9.53 Å². The van der Waals surface area contributed by atoms with Gasteiger partial charge in [0.1, 0.15) is 5.76 Å². The van der Waals surface area contributed by atoms with E-state index in [1.807, 2.05) is 6.92 Å². The first-order valence-electron chi connectivity index (χ1n) is 4.75. The quantitative estimate of drug-likeness (QED) is 0.616. The van der Waals surface area contributed by atoms with Gasteiger partial charge in [0.25, 0.3) is 0 Å². The minimum Gasteiger partial charge on any atom is -0.479 e. The van der Waals surface area contributed by atoms with Crippen LogP contribution in [0, 0.1) is 0 Å². The van der Waals surface area contributed by atoms with Gasteiger partial charge in [0.15, 0.2) is 5.60 Å². The average Bonchev–Trinajstić information content (AvgIpc) is 2.63. The molecule has 2 nitrogen and oxygen atoms in total. The largest absolute Gasteiger partial charge is 0.479 e. The molecule has 13 heavy (non-hydrogen) atoms. The van der Waals surface area contributed by atoms with Crippen LogP contribution in [-0.2, 0) is 9.53 Å². The zero-order valence-corrected chi connectivity index (χ0v) is 7.93. The molecule has 1 fully saturated rings. The number of hydrogen-bond acceptors (Lipinski definition) is 2. The minimum absolute atomic E-state index is 0.142. The Morgan fingerprint density at radius 1 is 1.54 bits per heavy atom. The van der Waals surface area contributed by atoms with Crippen molar-refractivity contribution in [2.45, 2.75) is 38.2 Å². The molecule has 2 aliphatic rings. The summed E-state index contributed by atoms with van der Waals surface area (Å²) in [5.74, 6) is 0.829. The summed E-state index contributed by atoms with van der Waals surface area (Å²) in [7, 11) is 0. The van der Waals surface area contributed by atoms with Gasteiger partial charge in [0.05, 0.1) is 0 Å². The number of rotatable bonds is 1. The van der Waals surface area contributed by atoms with Crippen LogP contribution in [0.5, 0.6) is 0 Å². The molecule has 1 aliphatic heterocycles. The summed E-state index contributed by atoms with van der Waals surface area (Å²) in [5, 5.41) is 0. The lowest BCUT2D eigenvalue weighted by Gasteiger charge is -2.22. The van der Waals surface area contributed by atoms with E-state index in [4.69, 9.17) is 4.74 Å². The van der Waals surface area contributed by atoms with Crippen LogP contribution in [0.25, 0.3) is 0 Å². The highest BCUT2D eigenvalue weighted by Gasteiger charge is 2.46. The second-order valence-electron chi connectivity index (χ2n) is 3.96. The van der Waals surface area contributed by atoms with E-state index in [1.165, 1.54) is 0 Å². The van der Waals surface area contributed by atoms with Crippen LogP contribution in [0.2, 0.25) is 0 Å². The van der Waals surface area contributed by atoms with Gasteiger partial charge in [-0.15, -0.1) is 0 Å². The number of carbonyl (C=O) groups excluding carboxylic acids is 1. The number of carbonyl (C=O) groups is 1. The van der Waals surface area contributed by atoms with Crippen LogP contribution in [0.15, 0.2) is 24.0 Å². The van der Waals surface area contributed by atoms with Crippen LogP contribution in [-0.4, -0.2) is 11.4 Å². The van der Waals surface area contributed by atoms with Gasteiger partial charge in [0.2, 0.25) is 5.78 Å². The Hall–Kier alpha value is -1.05.